The lowest BCUT2D eigenvalue weighted by Gasteiger charge is -2.03. The second-order valence-corrected chi connectivity index (χ2v) is 4.14. The van der Waals surface area contributed by atoms with Crippen molar-refractivity contribution < 1.29 is 32.3 Å². The Balaban J connectivity index is 2.15. The van der Waals surface area contributed by atoms with Crippen molar-refractivity contribution in [3.05, 3.63) is 24.1 Å². The summed E-state index contributed by atoms with van der Waals surface area (Å²) in [4.78, 5) is 25.0. The third-order valence-electron chi connectivity index (χ3n) is 2.48. The average molecular weight is 302 g/mol. The molecule has 0 atom stereocenters. The first-order chi connectivity index (χ1) is 9.75. The Labute approximate surface area is 115 Å². The lowest BCUT2D eigenvalue weighted by atomic mass is 10.2. The molecule has 0 spiro atoms. The zero-order chi connectivity index (χ0) is 15.6. The maximum absolute atomic E-state index is 12.4. The highest BCUT2D eigenvalue weighted by Gasteiger charge is 2.37. The summed E-state index contributed by atoms with van der Waals surface area (Å²) >= 11 is 0. The monoisotopic (exact) mass is 302 g/mol. The van der Waals surface area contributed by atoms with Crippen LogP contribution in [0.5, 0.6) is 0 Å². The maximum atomic E-state index is 12.4. The topological polar surface area (TPSA) is 92.4 Å². The molecule has 1 amide bonds. The Morgan fingerprint density at radius 2 is 2.00 bits per heavy atom. The van der Waals surface area contributed by atoms with E-state index in [1.54, 1.807) is 0 Å². The molecule has 1 heterocycles. The zero-order valence-electron chi connectivity index (χ0n) is 10.4. The summed E-state index contributed by atoms with van der Waals surface area (Å²) in [5.74, 6) is -3.05. The molecule has 0 aliphatic carbocycles. The third-order valence-corrected chi connectivity index (χ3v) is 2.48. The SMILES string of the molecule is O=C(O)CCC(=O)Nc1ccc2oc(C(F)(F)F)nc2c1. The fraction of sp³-hybridized carbons (Fsp3) is 0.250. The highest BCUT2D eigenvalue weighted by atomic mass is 19.4. The van der Waals surface area contributed by atoms with Gasteiger partial charge in [-0.15, -0.1) is 0 Å². The Bertz CT molecular complexity index is 693. The molecule has 2 aromatic rings. The Morgan fingerprint density at radius 3 is 2.62 bits per heavy atom. The molecule has 0 bridgehead atoms. The van der Waals surface area contributed by atoms with Gasteiger partial charge in [-0.05, 0) is 18.2 Å². The van der Waals surface area contributed by atoms with Crippen molar-refractivity contribution in [3.8, 4) is 0 Å². The number of rotatable bonds is 4. The van der Waals surface area contributed by atoms with Crippen LogP contribution in [0.25, 0.3) is 11.1 Å². The minimum atomic E-state index is -4.69. The summed E-state index contributed by atoms with van der Waals surface area (Å²) in [5.41, 5.74) is 0.0872. The van der Waals surface area contributed by atoms with Crippen LogP contribution < -0.4 is 5.32 Å². The third kappa shape index (κ3) is 3.71. The minimum absolute atomic E-state index is 0.0571. The quantitative estimate of drug-likeness (QED) is 0.905. The molecule has 0 saturated carbocycles. The second-order valence-electron chi connectivity index (χ2n) is 4.14. The lowest BCUT2D eigenvalue weighted by molar-refractivity contribution is -0.156. The summed E-state index contributed by atoms with van der Waals surface area (Å²) in [7, 11) is 0. The smallest absolute Gasteiger partial charge is 0.468 e. The van der Waals surface area contributed by atoms with Crippen molar-refractivity contribution in [3.63, 3.8) is 0 Å². The first-order valence-corrected chi connectivity index (χ1v) is 5.75. The van der Waals surface area contributed by atoms with Crippen LogP contribution in [0.1, 0.15) is 18.7 Å². The molecular formula is C12H9F3N2O4. The van der Waals surface area contributed by atoms with Crippen LogP contribution in [0.4, 0.5) is 18.9 Å². The fourth-order valence-corrected chi connectivity index (χ4v) is 1.57. The molecule has 2 N–H and O–H groups in total. The van der Waals surface area contributed by atoms with Gasteiger partial charge in [0.05, 0.1) is 6.42 Å². The number of halogens is 3. The van der Waals surface area contributed by atoms with Crippen molar-refractivity contribution in [1.29, 1.82) is 0 Å². The molecule has 1 aromatic heterocycles. The predicted octanol–water partition coefficient (Wildman–Crippen LogP) is 2.65. The van der Waals surface area contributed by atoms with Gasteiger partial charge in [0.25, 0.3) is 0 Å². The normalized spacial score (nSPS) is 11.6. The van der Waals surface area contributed by atoms with E-state index in [0.717, 1.165) is 0 Å². The number of carboxylic acid groups (broad SMARTS) is 1. The molecule has 0 radical (unpaired) electrons. The van der Waals surface area contributed by atoms with Crippen LogP contribution in [-0.2, 0) is 15.8 Å². The van der Waals surface area contributed by atoms with Crippen molar-refractivity contribution >= 4 is 28.7 Å². The largest absolute Gasteiger partial charge is 0.481 e. The molecule has 0 aliphatic heterocycles. The molecule has 0 aliphatic rings. The van der Waals surface area contributed by atoms with Gasteiger partial charge in [-0.1, -0.05) is 0 Å². The number of carbonyl (C=O) groups is 2. The van der Waals surface area contributed by atoms with E-state index in [1.807, 2.05) is 0 Å². The number of nitrogens with zero attached hydrogens (tertiary/aromatic N) is 1. The number of benzene rings is 1. The van der Waals surface area contributed by atoms with Gasteiger partial charge in [0.15, 0.2) is 5.58 Å². The van der Waals surface area contributed by atoms with Crippen molar-refractivity contribution in [2.75, 3.05) is 5.32 Å². The van der Waals surface area contributed by atoms with E-state index in [0.29, 0.717) is 0 Å². The van der Waals surface area contributed by atoms with E-state index in [-0.39, 0.29) is 29.6 Å². The lowest BCUT2D eigenvalue weighted by Crippen LogP contribution is -2.13. The van der Waals surface area contributed by atoms with Gasteiger partial charge in [-0.25, -0.2) is 4.98 Å². The van der Waals surface area contributed by atoms with E-state index < -0.39 is 23.9 Å². The second kappa shape index (κ2) is 5.43. The molecular weight excluding hydrogens is 293 g/mol. The number of hydrogen-bond acceptors (Lipinski definition) is 4. The Morgan fingerprint density at radius 1 is 1.29 bits per heavy atom. The molecule has 2 rings (SSSR count). The van der Waals surface area contributed by atoms with Crippen LogP contribution in [0.2, 0.25) is 0 Å². The number of oxazole rings is 1. The number of aliphatic carboxylic acids is 1. The van der Waals surface area contributed by atoms with E-state index in [4.69, 9.17) is 5.11 Å². The van der Waals surface area contributed by atoms with Gasteiger partial charge < -0.3 is 14.8 Å². The number of alkyl halides is 3. The molecule has 0 unspecified atom stereocenters. The van der Waals surface area contributed by atoms with Gasteiger partial charge >= 0.3 is 18.0 Å². The number of carboxylic acids is 1. The number of carbonyl (C=O) groups excluding carboxylic acids is 1. The highest BCUT2D eigenvalue weighted by molar-refractivity contribution is 5.94. The van der Waals surface area contributed by atoms with Crippen molar-refractivity contribution in [2.24, 2.45) is 0 Å². The summed E-state index contributed by atoms with van der Waals surface area (Å²) < 4.78 is 41.8. The predicted molar refractivity (Wildman–Crippen MR) is 64.5 cm³/mol. The van der Waals surface area contributed by atoms with Gasteiger partial charge in [-0.3, -0.25) is 9.59 Å². The maximum Gasteiger partial charge on any atom is 0.468 e. The molecule has 9 heteroatoms. The summed E-state index contributed by atoms with van der Waals surface area (Å²) in [5, 5.41) is 10.8. The first kappa shape index (κ1) is 14.8. The number of aromatic nitrogens is 1. The first-order valence-electron chi connectivity index (χ1n) is 5.75. The molecule has 21 heavy (non-hydrogen) atoms. The van der Waals surface area contributed by atoms with Crippen molar-refractivity contribution in [2.45, 2.75) is 19.0 Å². The molecule has 6 nitrogen and oxygen atoms in total. The average Bonchev–Trinajstić information content (AvgIpc) is 2.79. The molecule has 0 saturated heterocycles. The summed E-state index contributed by atoms with van der Waals surface area (Å²) in [6.45, 7) is 0. The minimum Gasteiger partial charge on any atom is -0.481 e. The van der Waals surface area contributed by atoms with Crippen LogP contribution in [0.3, 0.4) is 0 Å². The Hall–Kier alpha value is -2.58. The van der Waals surface area contributed by atoms with Crippen LogP contribution >= 0.6 is 0 Å². The summed E-state index contributed by atoms with van der Waals surface area (Å²) in [6.07, 6.45) is -5.26. The van der Waals surface area contributed by atoms with Crippen molar-refractivity contribution in [1.82, 2.24) is 4.98 Å². The van der Waals surface area contributed by atoms with Gasteiger partial charge in [0.2, 0.25) is 5.91 Å². The standard InChI is InChI=1S/C12H9F3N2O4/c13-12(14,15)11-17-7-5-6(1-2-8(7)21-11)16-9(18)3-4-10(19)20/h1-2,5H,3-4H2,(H,16,18)(H,19,20). The summed E-state index contributed by atoms with van der Waals surface area (Å²) in [6, 6.07) is 3.80. The van der Waals surface area contributed by atoms with Gasteiger partial charge in [0, 0.05) is 12.1 Å². The number of anilines is 1. The molecule has 1 aromatic carbocycles. The van der Waals surface area contributed by atoms with E-state index in [2.05, 4.69) is 14.7 Å². The van der Waals surface area contributed by atoms with Crippen LogP contribution in [0, 0.1) is 0 Å². The Kier molecular flexibility index (Phi) is 3.83. The number of amides is 1. The highest BCUT2D eigenvalue weighted by Crippen LogP contribution is 2.31. The number of hydrogen-bond donors (Lipinski definition) is 2. The van der Waals surface area contributed by atoms with Crippen LogP contribution in [0.15, 0.2) is 22.6 Å². The van der Waals surface area contributed by atoms with E-state index in [9.17, 15) is 22.8 Å². The zero-order valence-corrected chi connectivity index (χ0v) is 10.4. The van der Waals surface area contributed by atoms with Gasteiger partial charge in [0.1, 0.15) is 5.52 Å². The molecule has 112 valence electrons. The number of fused-ring (bicyclic) bond motifs is 1. The fourth-order valence-electron chi connectivity index (χ4n) is 1.57. The molecule has 0 fully saturated rings. The van der Waals surface area contributed by atoms with Gasteiger partial charge in [-0.2, -0.15) is 13.2 Å². The van der Waals surface area contributed by atoms with E-state index in [1.165, 1.54) is 18.2 Å². The van der Waals surface area contributed by atoms with E-state index >= 15 is 0 Å². The van der Waals surface area contributed by atoms with Crippen LogP contribution in [-0.4, -0.2) is 22.0 Å². The number of nitrogens with one attached hydrogen (secondary N) is 1.